The molecule has 0 amide bonds. The van der Waals surface area contributed by atoms with Crippen LogP contribution in [0.5, 0.6) is 0 Å². The zero-order chi connectivity index (χ0) is 14.7. The Morgan fingerprint density at radius 2 is 1.80 bits per heavy atom. The molecule has 0 aliphatic rings. The third-order valence-corrected chi connectivity index (χ3v) is 3.55. The van der Waals surface area contributed by atoms with Gasteiger partial charge in [0.15, 0.2) is 4.67 Å². The van der Waals surface area contributed by atoms with E-state index in [2.05, 4.69) is 21.2 Å². The van der Waals surface area contributed by atoms with Crippen molar-refractivity contribution in [2.24, 2.45) is 0 Å². The molecule has 20 heavy (non-hydrogen) atoms. The molecule has 2 unspecified atom stereocenters. The Hall–Kier alpha value is -1.20. The molecular weight excluding hydrogens is 328 g/mol. The number of rotatable bonds is 5. The van der Waals surface area contributed by atoms with Gasteiger partial charge in [0.2, 0.25) is 0 Å². The quantitative estimate of drug-likeness (QED) is 0.857. The van der Waals surface area contributed by atoms with Crippen molar-refractivity contribution in [3.05, 3.63) is 58.0 Å². The molecule has 0 bridgehead atoms. The van der Waals surface area contributed by atoms with Crippen LogP contribution < -0.4 is 5.32 Å². The topological polar surface area (TPSA) is 25.2 Å². The van der Waals surface area contributed by atoms with Gasteiger partial charge in [-0.25, -0.2) is 8.78 Å². The van der Waals surface area contributed by atoms with E-state index in [0.717, 1.165) is 5.76 Å². The molecule has 0 fully saturated rings. The predicted molar refractivity (Wildman–Crippen MR) is 77.5 cm³/mol. The minimum atomic E-state index is -0.507. The van der Waals surface area contributed by atoms with E-state index in [9.17, 15) is 8.78 Å². The van der Waals surface area contributed by atoms with Crippen molar-refractivity contribution < 1.29 is 13.2 Å². The molecule has 0 saturated heterocycles. The first-order valence-electron chi connectivity index (χ1n) is 6.41. The van der Waals surface area contributed by atoms with Crippen LogP contribution in [0.1, 0.15) is 31.2 Å². The van der Waals surface area contributed by atoms with Crippen molar-refractivity contribution in [1.82, 2.24) is 5.32 Å². The predicted octanol–water partition coefficient (Wildman–Crippen LogP) is 4.60. The van der Waals surface area contributed by atoms with Gasteiger partial charge in [-0.3, -0.25) is 0 Å². The molecule has 2 atom stereocenters. The SMILES string of the molecule is CC(Cc1c(F)cccc1F)NC(C)c1ccc(Br)o1. The highest BCUT2D eigenvalue weighted by Crippen LogP contribution is 2.21. The Kier molecular flexibility index (Phi) is 4.94. The van der Waals surface area contributed by atoms with Crippen LogP contribution in [0.4, 0.5) is 8.78 Å². The molecule has 2 rings (SSSR count). The highest BCUT2D eigenvalue weighted by atomic mass is 79.9. The van der Waals surface area contributed by atoms with Crippen molar-refractivity contribution in [1.29, 1.82) is 0 Å². The number of nitrogens with one attached hydrogen (secondary N) is 1. The first-order chi connectivity index (χ1) is 9.47. The van der Waals surface area contributed by atoms with Crippen LogP contribution in [-0.4, -0.2) is 6.04 Å². The number of hydrogen-bond donors (Lipinski definition) is 1. The summed E-state index contributed by atoms with van der Waals surface area (Å²) in [5.41, 5.74) is 0.111. The van der Waals surface area contributed by atoms with Crippen LogP contribution in [0.25, 0.3) is 0 Å². The maximum Gasteiger partial charge on any atom is 0.169 e. The van der Waals surface area contributed by atoms with E-state index in [0.29, 0.717) is 4.67 Å². The van der Waals surface area contributed by atoms with Crippen LogP contribution in [0.3, 0.4) is 0 Å². The Bertz CT molecular complexity index is 565. The van der Waals surface area contributed by atoms with Gasteiger partial charge in [-0.1, -0.05) is 6.07 Å². The number of halogens is 3. The second-order valence-electron chi connectivity index (χ2n) is 4.84. The summed E-state index contributed by atoms with van der Waals surface area (Å²) < 4.78 is 33.3. The molecule has 2 nitrogen and oxygen atoms in total. The summed E-state index contributed by atoms with van der Waals surface area (Å²) in [5.74, 6) is -0.239. The van der Waals surface area contributed by atoms with Gasteiger partial charge in [0.1, 0.15) is 17.4 Å². The van der Waals surface area contributed by atoms with E-state index >= 15 is 0 Å². The average molecular weight is 344 g/mol. The maximum absolute atomic E-state index is 13.6. The summed E-state index contributed by atoms with van der Waals surface area (Å²) in [6, 6.07) is 7.48. The van der Waals surface area contributed by atoms with E-state index in [4.69, 9.17) is 4.42 Å². The fraction of sp³-hybridized carbons (Fsp3) is 0.333. The van der Waals surface area contributed by atoms with Gasteiger partial charge in [-0.2, -0.15) is 0 Å². The molecule has 0 aliphatic carbocycles. The summed E-state index contributed by atoms with van der Waals surface area (Å²) in [4.78, 5) is 0. The first kappa shape index (κ1) is 15.2. The molecule has 1 aromatic carbocycles. The Labute approximate surface area is 125 Å². The first-order valence-corrected chi connectivity index (χ1v) is 7.21. The van der Waals surface area contributed by atoms with Crippen molar-refractivity contribution in [2.75, 3.05) is 0 Å². The summed E-state index contributed by atoms with van der Waals surface area (Å²) in [7, 11) is 0. The highest BCUT2D eigenvalue weighted by Gasteiger charge is 2.16. The molecule has 1 heterocycles. The van der Waals surface area contributed by atoms with Crippen LogP contribution in [-0.2, 0) is 6.42 Å². The Morgan fingerprint density at radius 3 is 2.35 bits per heavy atom. The van der Waals surface area contributed by atoms with E-state index in [-0.39, 0.29) is 24.1 Å². The molecule has 0 spiro atoms. The van der Waals surface area contributed by atoms with Crippen molar-refractivity contribution in [2.45, 2.75) is 32.4 Å². The van der Waals surface area contributed by atoms with Crippen molar-refractivity contribution in [3.63, 3.8) is 0 Å². The molecular formula is C15H16BrF2NO. The van der Waals surface area contributed by atoms with E-state index < -0.39 is 11.6 Å². The Balaban J connectivity index is 2.00. The molecule has 108 valence electrons. The Morgan fingerprint density at radius 1 is 1.15 bits per heavy atom. The summed E-state index contributed by atoms with van der Waals surface area (Å²) in [6.07, 6.45) is 0.282. The minimum absolute atomic E-state index is 0.0360. The van der Waals surface area contributed by atoms with Crippen LogP contribution in [0.2, 0.25) is 0 Å². The monoisotopic (exact) mass is 343 g/mol. The molecule has 0 saturated carbocycles. The largest absolute Gasteiger partial charge is 0.453 e. The van der Waals surface area contributed by atoms with Gasteiger partial charge < -0.3 is 9.73 Å². The average Bonchev–Trinajstić information content (AvgIpc) is 2.81. The van der Waals surface area contributed by atoms with Crippen molar-refractivity contribution in [3.8, 4) is 0 Å². The summed E-state index contributed by atoms with van der Waals surface area (Å²) in [5, 5.41) is 3.26. The standard InChI is InChI=1S/C15H16BrF2NO/c1-9(8-11-12(17)4-3-5-13(11)18)19-10(2)14-6-7-15(16)20-14/h3-7,9-10,19H,8H2,1-2H3. The molecule has 0 radical (unpaired) electrons. The van der Waals surface area contributed by atoms with Gasteiger partial charge in [0, 0.05) is 11.6 Å². The summed E-state index contributed by atoms with van der Waals surface area (Å²) >= 11 is 3.25. The molecule has 2 aromatic rings. The lowest BCUT2D eigenvalue weighted by Crippen LogP contribution is -2.31. The molecule has 1 aromatic heterocycles. The fourth-order valence-corrected chi connectivity index (χ4v) is 2.48. The number of benzene rings is 1. The maximum atomic E-state index is 13.6. The second-order valence-corrected chi connectivity index (χ2v) is 5.62. The van der Waals surface area contributed by atoms with Crippen molar-refractivity contribution >= 4 is 15.9 Å². The van der Waals surface area contributed by atoms with Gasteiger partial charge >= 0.3 is 0 Å². The van der Waals surface area contributed by atoms with Crippen LogP contribution >= 0.6 is 15.9 Å². The van der Waals surface area contributed by atoms with E-state index in [1.165, 1.54) is 18.2 Å². The van der Waals surface area contributed by atoms with Gasteiger partial charge in [0.25, 0.3) is 0 Å². The highest BCUT2D eigenvalue weighted by molar-refractivity contribution is 9.10. The lowest BCUT2D eigenvalue weighted by atomic mass is 10.0. The van der Waals surface area contributed by atoms with Gasteiger partial charge in [0.05, 0.1) is 6.04 Å². The third-order valence-electron chi connectivity index (χ3n) is 3.13. The van der Waals surface area contributed by atoms with E-state index in [1.54, 1.807) is 0 Å². The zero-order valence-corrected chi connectivity index (χ0v) is 12.9. The van der Waals surface area contributed by atoms with Gasteiger partial charge in [-0.05, 0) is 60.5 Å². The molecule has 5 heteroatoms. The van der Waals surface area contributed by atoms with Crippen LogP contribution in [0.15, 0.2) is 39.4 Å². The zero-order valence-electron chi connectivity index (χ0n) is 11.3. The minimum Gasteiger partial charge on any atom is -0.453 e. The third kappa shape index (κ3) is 3.67. The molecule has 0 aliphatic heterocycles. The van der Waals surface area contributed by atoms with E-state index in [1.807, 2.05) is 26.0 Å². The number of hydrogen-bond acceptors (Lipinski definition) is 2. The molecule has 1 N–H and O–H groups in total. The second kappa shape index (κ2) is 6.50. The van der Waals surface area contributed by atoms with Crippen LogP contribution in [0, 0.1) is 11.6 Å². The number of furan rings is 1. The normalized spacial score (nSPS) is 14.2. The summed E-state index contributed by atoms with van der Waals surface area (Å²) in [6.45, 7) is 3.83. The van der Waals surface area contributed by atoms with Gasteiger partial charge in [-0.15, -0.1) is 0 Å². The lowest BCUT2D eigenvalue weighted by molar-refractivity contribution is 0.384. The fourth-order valence-electron chi connectivity index (χ4n) is 2.16. The smallest absolute Gasteiger partial charge is 0.169 e. The lowest BCUT2D eigenvalue weighted by Gasteiger charge is -2.19.